The molecular formula is C17H23NOS. The Morgan fingerprint density at radius 2 is 1.65 bits per heavy atom. The molecule has 0 fully saturated rings. The zero-order chi connectivity index (χ0) is 15.6. The van der Waals surface area contributed by atoms with Crippen molar-refractivity contribution in [2.45, 2.75) is 19.4 Å². The molecular weight excluding hydrogens is 266 g/mol. The van der Waals surface area contributed by atoms with Crippen LogP contribution in [0.3, 0.4) is 0 Å². The Kier molecular flexibility index (Phi) is 8.45. The van der Waals surface area contributed by atoms with Crippen LogP contribution in [0, 0.1) is 0 Å². The molecule has 0 heterocycles. The van der Waals surface area contributed by atoms with E-state index in [1.54, 1.807) is 42.5 Å². The van der Waals surface area contributed by atoms with Gasteiger partial charge in [0.15, 0.2) is 0 Å². The highest BCUT2D eigenvalue weighted by Gasteiger charge is 2.23. The van der Waals surface area contributed by atoms with E-state index in [1.807, 2.05) is 19.9 Å². The first-order chi connectivity index (χ1) is 9.42. The molecule has 0 aromatic heterocycles. The second-order valence-corrected chi connectivity index (χ2v) is 5.66. The first-order valence-corrected chi connectivity index (χ1v) is 7.35. The molecule has 0 aromatic rings. The van der Waals surface area contributed by atoms with Gasteiger partial charge in [-0.25, -0.2) is 8.93 Å². The van der Waals surface area contributed by atoms with Crippen LogP contribution in [0.4, 0.5) is 0 Å². The van der Waals surface area contributed by atoms with E-state index in [2.05, 4.69) is 31.0 Å². The molecule has 0 saturated heterocycles. The Morgan fingerprint density at radius 1 is 1.00 bits per heavy atom. The molecule has 1 unspecified atom stereocenters. The fourth-order valence-electron chi connectivity index (χ4n) is 1.44. The first-order valence-electron chi connectivity index (χ1n) is 6.20. The minimum Gasteiger partial charge on any atom is -0.237 e. The minimum atomic E-state index is -1.37. The van der Waals surface area contributed by atoms with Crippen molar-refractivity contribution in [3.63, 3.8) is 0 Å². The summed E-state index contributed by atoms with van der Waals surface area (Å²) in [4.78, 5) is 0.596. The van der Waals surface area contributed by atoms with Gasteiger partial charge in [-0.2, -0.15) is 0 Å². The van der Waals surface area contributed by atoms with Crippen LogP contribution in [0.25, 0.3) is 0 Å². The Morgan fingerprint density at radius 3 is 2.10 bits per heavy atom. The molecule has 0 rings (SSSR count). The van der Waals surface area contributed by atoms with E-state index < -0.39 is 16.5 Å². The van der Waals surface area contributed by atoms with Crippen molar-refractivity contribution >= 4 is 11.0 Å². The third-order valence-corrected chi connectivity index (χ3v) is 3.94. The highest BCUT2D eigenvalue weighted by Crippen LogP contribution is 2.19. The molecule has 3 heteroatoms. The van der Waals surface area contributed by atoms with Crippen molar-refractivity contribution < 1.29 is 4.21 Å². The summed E-state index contributed by atoms with van der Waals surface area (Å²) in [5.74, 6) is 0. The summed E-state index contributed by atoms with van der Waals surface area (Å²) in [5, 5.41) is 0. The number of hydrogen-bond donors (Lipinski definition) is 1. The van der Waals surface area contributed by atoms with Crippen LogP contribution in [0.2, 0.25) is 0 Å². The van der Waals surface area contributed by atoms with Crippen LogP contribution in [-0.2, 0) is 11.0 Å². The van der Waals surface area contributed by atoms with Gasteiger partial charge in [0.25, 0.3) is 0 Å². The predicted molar refractivity (Wildman–Crippen MR) is 91.5 cm³/mol. The molecule has 0 amide bonds. The van der Waals surface area contributed by atoms with Crippen LogP contribution < -0.4 is 4.72 Å². The largest absolute Gasteiger partial charge is 0.237 e. The van der Waals surface area contributed by atoms with Gasteiger partial charge in [0, 0.05) is 0 Å². The van der Waals surface area contributed by atoms with Gasteiger partial charge in [-0.15, -0.1) is 0 Å². The van der Waals surface area contributed by atoms with E-state index >= 15 is 0 Å². The maximum absolute atomic E-state index is 12.3. The van der Waals surface area contributed by atoms with Gasteiger partial charge >= 0.3 is 0 Å². The number of rotatable bonds is 9. The van der Waals surface area contributed by atoms with E-state index in [4.69, 9.17) is 0 Å². The first kappa shape index (κ1) is 18.3. The number of allylic oxidation sites excluding steroid dienone is 7. The van der Waals surface area contributed by atoms with Crippen molar-refractivity contribution in [2.75, 3.05) is 0 Å². The van der Waals surface area contributed by atoms with E-state index in [9.17, 15) is 4.21 Å². The molecule has 1 atom stereocenters. The molecule has 0 radical (unpaired) electrons. The van der Waals surface area contributed by atoms with Gasteiger partial charge in [-0.3, -0.25) is 0 Å². The monoisotopic (exact) mass is 289 g/mol. The molecule has 0 saturated carbocycles. The van der Waals surface area contributed by atoms with E-state index in [0.717, 1.165) is 5.57 Å². The molecule has 0 aliphatic rings. The Bertz CT molecular complexity index is 493. The fraction of sp³-hybridized carbons (Fsp3) is 0.176. The standard InChI is InChI=1S/C17H23NOS/c1-7-11-12-14-16(10-4)20(19)18-17(5,6)15(9-3)13-8-2/h7-14,18H,1-4H2,5-6H3/b12-11-,15-13+,16-14+. The van der Waals surface area contributed by atoms with Gasteiger partial charge in [0.1, 0.15) is 11.0 Å². The van der Waals surface area contributed by atoms with Crippen molar-refractivity contribution in [1.82, 2.24) is 4.72 Å². The van der Waals surface area contributed by atoms with Gasteiger partial charge in [-0.1, -0.05) is 68.8 Å². The summed E-state index contributed by atoms with van der Waals surface area (Å²) in [7, 11) is -1.37. The zero-order valence-electron chi connectivity index (χ0n) is 12.3. The zero-order valence-corrected chi connectivity index (χ0v) is 13.1. The van der Waals surface area contributed by atoms with Crippen LogP contribution in [-0.4, -0.2) is 9.75 Å². The Hall–Kier alpha value is -1.71. The van der Waals surface area contributed by atoms with Crippen LogP contribution in [0.5, 0.6) is 0 Å². The fourth-order valence-corrected chi connectivity index (χ4v) is 2.50. The molecule has 0 bridgehead atoms. The molecule has 0 aliphatic heterocycles. The summed E-state index contributed by atoms with van der Waals surface area (Å²) in [6, 6.07) is 0. The molecule has 2 nitrogen and oxygen atoms in total. The smallest absolute Gasteiger partial charge is 0.125 e. The SMILES string of the molecule is C=C/C=C\C=C(/C=C)S(=O)NC(C)(C)/C(C=C)=C/C=C. The van der Waals surface area contributed by atoms with Crippen molar-refractivity contribution in [1.29, 1.82) is 0 Å². The van der Waals surface area contributed by atoms with E-state index in [1.165, 1.54) is 0 Å². The van der Waals surface area contributed by atoms with Crippen molar-refractivity contribution in [3.8, 4) is 0 Å². The summed E-state index contributed by atoms with van der Waals surface area (Å²) >= 11 is 0. The number of hydrogen-bond acceptors (Lipinski definition) is 1. The third kappa shape index (κ3) is 5.95. The van der Waals surface area contributed by atoms with Crippen LogP contribution in [0.1, 0.15) is 13.8 Å². The Balaban J connectivity index is 5.18. The van der Waals surface area contributed by atoms with E-state index in [-0.39, 0.29) is 0 Å². The van der Waals surface area contributed by atoms with Crippen molar-refractivity contribution in [3.05, 3.63) is 85.4 Å². The lowest BCUT2D eigenvalue weighted by Gasteiger charge is -2.27. The van der Waals surface area contributed by atoms with Gasteiger partial charge in [0.05, 0.1) is 10.4 Å². The quantitative estimate of drug-likeness (QED) is 0.635. The summed E-state index contributed by atoms with van der Waals surface area (Å²) < 4.78 is 15.4. The van der Waals surface area contributed by atoms with Crippen molar-refractivity contribution in [2.24, 2.45) is 0 Å². The molecule has 0 spiro atoms. The van der Waals surface area contributed by atoms with E-state index in [0.29, 0.717) is 4.91 Å². The molecule has 1 N–H and O–H groups in total. The lowest BCUT2D eigenvalue weighted by atomic mass is 9.95. The third-order valence-electron chi connectivity index (χ3n) is 2.51. The molecule has 20 heavy (non-hydrogen) atoms. The second-order valence-electron chi connectivity index (χ2n) is 4.45. The summed E-state index contributed by atoms with van der Waals surface area (Å²) in [6.07, 6.45) is 13.7. The topological polar surface area (TPSA) is 29.1 Å². The van der Waals surface area contributed by atoms with Crippen LogP contribution >= 0.6 is 0 Å². The predicted octanol–water partition coefficient (Wildman–Crippen LogP) is 4.13. The highest BCUT2D eigenvalue weighted by atomic mass is 32.2. The van der Waals surface area contributed by atoms with Gasteiger partial charge in [0.2, 0.25) is 0 Å². The normalized spacial score (nSPS) is 14.9. The summed E-state index contributed by atoms with van der Waals surface area (Å²) in [5.41, 5.74) is 0.413. The van der Waals surface area contributed by atoms with Gasteiger partial charge < -0.3 is 0 Å². The summed E-state index contributed by atoms with van der Waals surface area (Å²) in [6.45, 7) is 18.6. The average molecular weight is 289 g/mol. The lowest BCUT2D eigenvalue weighted by molar-refractivity contribution is 0.560. The molecule has 0 aromatic carbocycles. The second kappa shape index (κ2) is 9.23. The lowest BCUT2D eigenvalue weighted by Crippen LogP contribution is -2.41. The maximum atomic E-state index is 12.3. The minimum absolute atomic E-state index is 0.495. The van der Waals surface area contributed by atoms with Crippen LogP contribution in [0.15, 0.2) is 85.4 Å². The average Bonchev–Trinajstić information content (AvgIpc) is 2.40. The maximum Gasteiger partial charge on any atom is 0.125 e. The Labute approximate surface area is 125 Å². The highest BCUT2D eigenvalue weighted by molar-refractivity contribution is 7.87. The molecule has 0 aliphatic carbocycles. The van der Waals surface area contributed by atoms with Gasteiger partial charge in [-0.05, 0) is 25.5 Å². The number of nitrogens with one attached hydrogen (secondary N) is 1. The molecule has 108 valence electrons.